The minimum Gasteiger partial charge on any atom is -0.395 e. The molecule has 0 spiro atoms. The summed E-state index contributed by atoms with van der Waals surface area (Å²) >= 11 is 1.57. The predicted molar refractivity (Wildman–Crippen MR) is 79.9 cm³/mol. The number of hydrogen-bond acceptors (Lipinski definition) is 7. The Labute approximate surface area is 124 Å². The highest BCUT2D eigenvalue weighted by Crippen LogP contribution is 2.44. The van der Waals surface area contributed by atoms with Crippen LogP contribution in [0, 0.1) is 0 Å². The summed E-state index contributed by atoms with van der Waals surface area (Å²) in [6.07, 6.45) is 3.79. The van der Waals surface area contributed by atoms with Crippen molar-refractivity contribution in [2.45, 2.75) is 23.1 Å². The van der Waals surface area contributed by atoms with E-state index in [-0.39, 0.29) is 23.3 Å². The van der Waals surface area contributed by atoms with E-state index in [1.807, 2.05) is 4.57 Å². The fourth-order valence-corrected chi connectivity index (χ4v) is 3.91. The minimum absolute atomic E-state index is 0.0496. The van der Waals surface area contributed by atoms with Gasteiger partial charge in [0.25, 0.3) is 0 Å². The molecule has 1 fully saturated rings. The summed E-state index contributed by atoms with van der Waals surface area (Å²) in [6.45, 7) is 0.0575. The van der Waals surface area contributed by atoms with Gasteiger partial charge in [0.1, 0.15) is 11.8 Å². The van der Waals surface area contributed by atoms with Crippen LogP contribution in [0.25, 0.3) is 21.6 Å². The first-order chi connectivity index (χ1) is 10.3. The number of rotatable bonds is 4. The molecule has 0 aromatic carbocycles. The predicted octanol–water partition coefficient (Wildman–Crippen LogP) is 1.54. The largest absolute Gasteiger partial charge is 0.395 e. The molecular weight excluding hydrogens is 292 g/mol. The number of aliphatic hydroxyl groups is 1. The van der Waals surface area contributed by atoms with Gasteiger partial charge in [0, 0.05) is 17.2 Å². The number of aromatic nitrogens is 4. The number of nitrogens with one attached hydrogen (secondary N) is 1. The SMILES string of the molecule is CNc1ncnc2c1ncn2[C@H]1S[C@H](CO)C[C@@H]1N=[N+]=[N-]. The third-order valence-corrected chi connectivity index (χ3v) is 4.99. The van der Waals surface area contributed by atoms with Gasteiger partial charge in [-0.3, -0.25) is 0 Å². The summed E-state index contributed by atoms with van der Waals surface area (Å²) < 4.78 is 1.89. The van der Waals surface area contributed by atoms with Crippen molar-refractivity contribution in [2.24, 2.45) is 5.11 Å². The quantitative estimate of drug-likeness (QED) is 0.501. The second-order valence-corrected chi connectivity index (χ2v) is 6.06. The highest BCUT2D eigenvalue weighted by molar-refractivity contribution is 8.00. The molecule has 1 aliphatic heterocycles. The molecule has 0 radical (unpaired) electrons. The van der Waals surface area contributed by atoms with Crippen LogP contribution in [0.5, 0.6) is 0 Å². The molecule has 0 saturated carbocycles. The zero-order valence-electron chi connectivity index (χ0n) is 11.3. The molecule has 0 bridgehead atoms. The molecule has 3 rings (SSSR count). The first-order valence-electron chi connectivity index (χ1n) is 6.44. The van der Waals surface area contributed by atoms with Gasteiger partial charge < -0.3 is 15.0 Å². The van der Waals surface area contributed by atoms with Crippen molar-refractivity contribution >= 4 is 28.7 Å². The Kier molecular flexibility index (Phi) is 3.82. The summed E-state index contributed by atoms with van der Waals surface area (Å²) in [5.74, 6) is 0.654. The normalized spacial score (nSPS) is 25.0. The van der Waals surface area contributed by atoms with Gasteiger partial charge in [0.05, 0.1) is 24.3 Å². The highest BCUT2D eigenvalue weighted by Gasteiger charge is 2.36. The summed E-state index contributed by atoms with van der Waals surface area (Å²) in [6, 6.07) is -0.234. The van der Waals surface area contributed by atoms with Crippen LogP contribution in [0.1, 0.15) is 11.8 Å². The molecule has 3 atom stereocenters. The van der Waals surface area contributed by atoms with Crippen molar-refractivity contribution in [1.29, 1.82) is 0 Å². The molecule has 1 aliphatic rings. The molecule has 10 heteroatoms. The van der Waals surface area contributed by atoms with E-state index in [1.165, 1.54) is 6.33 Å². The number of nitrogens with zero attached hydrogens (tertiary/aromatic N) is 7. The van der Waals surface area contributed by atoms with Crippen LogP contribution in [0.15, 0.2) is 17.8 Å². The standard InChI is InChI=1S/C11H14N8OS/c1-13-9-8-10(15-4-14-9)19(5-16-8)11-7(17-18-12)2-6(3-20)21-11/h4-7,11,20H,2-3H2,1H3,(H,13,14,15)/t6-,7-,11-/m0/s1. The van der Waals surface area contributed by atoms with E-state index in [1.54, 1.807) is 25.1 Å². The maximum absolute atomic E-state index is 9.35. The number of azide groups is 1. The Morgan fingerprint density at radius 1 is 1.57 bits per heavy atom. The van der Waals surface area contributed by atoms with Crippen molar-refractivity contribution in [2.75, 3.05) is 19.0 Å². The lowest BCUT2D eigenvalue weighted by atomic mass is 10.2. The Bertz CT molecular complexity index is 697. The van der Waals surface area contributed by atoms with Crippen LogP contribution >= 0.6 is 11.8 Å². The average Bonchev–Trinajstić information content (AvgIpc) is 3.10. The molecule has 3 heterocycles. The zero-order chi connectivity index (χ0) is 14.8. The maximum atomic E-state index is 9.35. The zero-order valence-corrected chi connectivity index (χ0v) is 12.1. The second-order valence-electron chi connectivity index (χ2n) is 4.64. The lowest BCUT2D eigenvalue weighted by Gasteiger charge is -2.16. The van der Waals surface area contributed by atoms with Gasteiger partial charge in [0.15, 0.2) is 11.5 Å². The Hall–Kier alpha value is -2.03. The molecule has 0 unspecified atom stereocenters. The first-order valence-corrected chi connectivity index (χ1v) is 7.38. The number of fused-ring (bicyclic) bond motifs is 1. The summed E-state index contributed by atoms with van der Waals surface area (Å²) in [5.41, 5.74) is 10.1. The van der Waals surface area contributed by atoms with Gasteiger partial charge in [-0.25, -0.2) is 15.0 Å². The van der Waals surface area contributed by atoms with Gasteiger partial charge >= 0.3 is 0 Å². The third kappa shape index (κ3) is 2.37. The number of thioether (sulfide) groups is 1. The van der Waals surface area contributed by atoms with Gasteiger partial charge in [-0.2, -0.15) is 0 Å². The second kappa shape index (κ2) is 5.76. The molecule has 0 amide bonds. The first kappa shape index (κ1) is 13.9. The van der Waals surface area contributed by atoms with Crippen LogP contribution in [-0.4, -0.2) is 49.6 Å². The number of anilines is 1. The smallest absolute Gasteiger partial charge is 0.166 e. The molecular formula is C11H14N8OS. The molecule has 21 heavy (non-hydrogen) atoms. The minimum atomic E-state index is -0.234. The van der Waals surface area contributed by atoms with E-state index < -0.39 is 0 Å². The van der Waals surface area contributed by atoms with E-state index in [9.17, 15) is 5.11 Å². The fraction of sp³-hybridized carbons (Fsp3) is 0.545. The van der Waals surface area contributed by atoms with Gasteiger partial charge in [-0.05, 0) is 12.0 Å². The topological polar surface area (TPSA) is 125 Å². The van der Waals surface area contributed by atoms with Gasteiger partial charge in [-0.1, -0.05) is 5.11 Å². The van der Waals surface area contributed by atoms with E-state index in [2.05, 4.69) is 30.3 Å². The van der Waals surface area contributed by atoms with Crippen molar-refractivity contribution < 1.29 is 5.11 Å². The lowest BCUT2D eigenvalue weighted by molar-refractivity contribution is 0.289. The number of hydrogen-bond donors (Lipinski definition) is 2. The Balaban J connectivity index is 2.05. The van der Waals surface area contributed by atoms with Gasteiger partial charge in [-0.15, -0.1) is 11.8 Å². The van der Waals surface area contributed by atoms with Crippen LogP contribution in [0.4, 0.5) is 5.82 Å². The van der Waals surface area contributed by atoms with Crippen molar-refractivity contribution in [3.8, 4) is 0 Å². The molecule has 9 nitrogen and oxygen atoms in total. The molecule has 2 aromatic rings. The van der Waals surface area contributed by atoms with Crippen LogP contribution < -0.4 is 5.32 Å². The number of imidazole rings is 1. The third-order valence-electron chi connectivity index (χ3n) is 3.44. The highest BCUT2D eigenvalue weighted by atomic mass is 32.2. The van der Waals surface area contributed by atoms with Crippen molar-refractivity contribution in [3.05, 3.63) is 23.1 Å². The summed E-state index contributed by atoms with van der Waals surface area (Å²) in [7, 11) is 1.77. The Morgan fingerprint density at radius 2 is 2.43 bits per heavy atom. The van der Waals surface area contributed by atoms with Crippen LogP contribution in [0.2, 0.25) is 0 Å². The summed E-state index contributed by atoms with van der Waals surface area (Å²) in [5, 5.41) is 16.1. The lowest BCUT2D eigenvalue weighted by Crippen LogP contribution is -2.14. The maximum Gasteiger partial charge on any atom is 0.166 e. The van der Waals surface area contributed by atoms with Crippen molar-refractivity contribution in [3.63, 3.8) is 0 Å². The van der Waals surface area contributed by atoms with E-state index >= 15 is 0 Å². The average molecular weight is 306 g/mol. The Morgan fingerprint density at radius 3 is 3.14 bits per heavy atom. The van der Waals surface area contributed by atoms with Crippen molar-refractivity contribution in [1.82, 2.24) is 19.5 Å². The molecule has 2 N–H and O–H groups in total. The van der Waals surface area contributed by atoms with E-state index in [0.717, 1.165) is 0 Å². The monoisotopic (exact) mass is 306 g/mol. The van der Waals surface area contributed by atoms with E-state index in [4.69, 9.17) is 5.53 Å². The molecule has 2 aromatic heterocycles. The molecule has 1 saturated heterocycles. The molecule has 0 aliphatic carbocycles. The van der Waals surface area contributed by atoms with Gasteiger partial charge in [0.2, 0.25) is 0 Å². The fourth-order valence-electron chi connectivity index (χ4n) is 2.49. The van der Waals surface area contributed by atoms with Crippen LogP contribution in [-0.2, 0) is 0 Å². The summed E-state index contributed by atoms with van der Waals surface area (Å²) in [4.78, 5) is 15.7. The van der Waals surface area contributed by atoms with E-state index in [0.29, 0.717) is 23.4 Å². The molecule has 110 valence electrons. The number of aliphatic hydroxyl groups excluding tert-OH is 1. The van der Waals surface area contributed by atoms with Crippen LogP contribution in [0.3, 0.4) is 0 Å².